The molecule has 0 fully saturated rings. The standard InChI is InChI=1S/C24H25NO4S/c1-17-11-18(2)24(19(3)12-17)30(26,27)25(14-20-7-5-4-6-8-20)15-21-9-10-22-23(13-21)29-16-28-22/h4-13H,14-16H2,1-3H3. The van der Waals surface area contributed by atoms with Gasteiger partial charge < -0.3 is 9.47 Å². The van der Waals surface area contributed by atoms with Gasteiger partial charge in [0.05, 0.1) is 4.90 Å². The molecule has 3 aromatic rings. The van der Waals surface area contributed by atoms with Crippen LogP contribution in [0.15, 0.2) is 65.6 Å². The molecule has 1 heterocycles. The van der Waals surface area contributed by atoms with E-state index in [1.54, 1.807) is 0 Å². The van der Waals surface area contributed by atoms with Gasteiger partial charge in [-0.05, 0) is 55.2 Å². The van der Waals surface area contributed by atoms with Crippen molar-refractivity contribution in [3.8, 4) is 11.5 Å². The molecule has 30 heavy (non-hydrogen) atoms. The Morgan fingerprint density at radius 3 is 2.13 bits per heavy atom. The smallest absolute Gasteiger partial charge is 0.244 e. The molecule has 0 bridgehead atoms. The second-order valence-electron chi connectivity index (χ2n) is 7.67. The first kappa shape index (κ1) is 20.4. The lowest BCUT2D eigenvalue weighted by Gasteiger charge is -2.25. The predicted molar refractivity (Wildman–Crippen MR) is 116 cm³/mol. The second-order valence-corrected chi connectivity index (χ2v) is 9.55. The third kappa shape index (κ3) is 4.06. The Labute approximate surface area is 177 Å². The molecular weight excluding hydrogens is 398 g/mol. The van der Waals surface area contributed by atoms with Crippen LogP contribution in [0.3, 0.4) is 0 Å². The number of benzene rings is 3. The van der Waals surface area contributed by atoms with Crippen LogP contribution in [0, 0.1) is 20.8 Å². The third-order valence-corrected chi connectivity index (χ3v) is 7.30. The van der Waals surface area contributed by atoms with Crippen LogP contribution >= 0.6 is 0 Å². The molecule has 0 radical (unpaired) electrons. The molecule has 0 spiro atoms. The molecule has 5 nitrogen and oxygen atoms in total. The Hall–Kier alpha value is -2.83. The van der Waals surface area contributed by atoms with Crippen LogP contribution in [0.2, 0.25) is 0 Å². The minimum atomic E-state index is -3.73. The predicted octanol–water partition coefficient (Wildman–Crippen LogP) is 4.73. The number of nitrogens with zero attached hydrogens (tertiary/aromatic N) is 1. The van der Waals surface area contributed by atoms with Crippen molar-refractivity contribution in [1.82, 2.24) is 4.31 Å². The third-order valence-electron chi connectivity index (χ3n) is 5.20. The van der Waals surface area contributed by atoms with Crippen LogP contribution in [0.25, 0.3) is 0 Å². The first-order valence-electron chi connectivity index (χ1n) is 9.85. The SMILES string of the molecule is Cc1cc(C)c(S(=O)(=O)N(Cc2ccccc2)Cc2ccc3c(c2)OCO3)c(C)c1. The van der Waals surface area contributed by atoms with Crippen molar-refractivity contribution in [1.29, 1.82) is 0 Å². The number of fused-ring (bicyclic) bond motifs is 1. The molecule has 6 heteroatoms. The van der Waals surface area contributed by atoms with Crippen LogP contribution in [-0.2, 0) is 23.1 Å². The molecule has 3 aromatic carbocycles. The number of sulfonamides is 1. The van der Waals surface area contributed by atoms with Crippen molar-refractivity contribution in [3.63, 3.8) is 0 Å². The normalized spacial score (nSPS) is 13.1. The molecule has 0 amide bonds. The Bertz CT molecular complexity index is 1150. The highest BCUT2D eigenvalue weighted by atomic mass is 32.2. The van der Waals surface area contributed by atoms with E-state index in [0.717, 1.165) is 27.8 Å². The Kier molecular flexibility index (Phi) is 5.54. The topological polar surface area (TPSA) is 55.8 Å². The van der Waals surface area contributed by atoms with Crippen molar-refractivity contribution < 1.29 is 17.9 Å². The van der Waals surface area contributed by atoms with Gasteiger partial charge >= 0.3 is 0 Å². The number of ether oxygens (including phenoxy) is 2. The van der Waals surface area contributed by atoms with Crippen molar-refractivity contribution >= 4 is 10.0 Å². The van der Waals surface area contributed by atoms with Crippen molar-refractivity contribution in [2.75, 3.05) is 6.79 Å². The van der Waals surface area contributed by atoms with E-state index in [2.05, 4.69) is 0 Å². The van der Waals surface area contributed by atoms with Crippen LogP contribution < -0.4 is 9.47 Å². The molecule has 1 aliphatic heterocycles. The van der Waals surface area contributed by atoms with Crippen LogP contribution in [0.5, 0.6) is 11.5 Å². The van der Waals surface area contributed by atoms with Crippen LogP contribution in [0.4, 0.5) is 0 Å². The highest BCUT2D eigenvalue weighted by Crippen LogP contribution is 2.34. The van der Waals surface area contributed by atoms with Crippen molar-refractivity contribution in [2.45, 2.75) is 38.8 Å². The zero-order valence-corrected chi connectivity index (χ0v) is 18.2. The summed E-state index contributed by atoms with van der Waals surface area (Å²) in [5.41, 5.74) is 4.35. The molecule has 1 aliphatic rings. The summed E-state index contributed by atoms with van der Waals surface area (Å²) in [7, 11) is -3.73. The zero-order valence-electron chi connectivity index (χ0n) is 17.4. The minimum absolute atomic E-state index is 0.187. The van der Waals surface area contributed by atoms with Gasteiger partial charge in [0, 0.05) is 13.1 Å². The van der Waals surface area contributed by atoms with E-state index in [0.29, 0.717) is 16.4 Å². The fraction of sp³-hybridized carbons (Fsp3) is 0.250. The molecule has 0 N–H and O–H groups in total. The zero-order chi connectivity index (χ0) is 21.3. The molecule has 0 saturated heterocycles. The van der Waals surface area contributed by atoms with E-state index in [9.17, 15) is 8.42 Å². The summed E-state index contributed by atoms with van der Waals surface area (Å²) in [5, 5.41) is 0. The molecule has 0 atom stereocenters. The largest absolute Gasteiger partial charge is 0.454 e. The number of hydrogen-bond acceptors (Lipinski definition) is 4. The number of rotatable bonds is 6. The summed E-state index contributed by atoms with van der Waals surface area (Å²) in [6.07, 6.45) is 0. The lowest BCUT2D eigenvalue weighted by Crippen LogP contribution is -2.31. The van der Waals surface area contributed by atoms with Crippen LogP contribution in [0.1, 0.15) is 27.8 Å². The maximum atomic E-state index is 13.8. The molecule has 0 saturated carbocycles. The second kappa shape index (κ2) is 8.13. The molecule has 0 aliphatic carbocycles. The van der Waals surface area contributed by atoms with E-state index in [-0.39, 0.29) is 19.9 Å². The monoisotopic (exact) mass is 423 g/mol. The van der Waals surface area contributed by atoms with E-state index < -0.39 is 10.0 Å². The first-order valence-corrected chi connectivity index (χ1v) is 11.3. The molecule has 0 unspecified atom stereocenters. The van der Waals surface area contributed by atoms with E-state index in [1.165, 1.54) is 4.31 Å². The summed E-state index contributed by atoms with van der Waals surface area (Å²) in [4.78, 5) is 0.379. The molecule has 0 aromatic heterocycles. The van der Waals surface area contributed by atoms with Gasteiger partial charge in [-0.15, -0.1) is 0 Å². The quantitative estimate of drug-likeness (QED) is 0.575. The fourth-order valence-corrected chi connectivity index (χ4v) is 5.79. The average molecular weight is 424 g/mol. The fourth-order valence-electron chi connectivity index (χ4n) is 3.96. The van der Waals surface area contributed by atoms with Crippen LogP contribution in [-0.4, -0.2) is 19.5 Å². The Balaban J connectivity index is 1.75. The summed E-state index contributed by atoms with van der Waals surface area (Å²) in [6.45, 7) is 6.39. The maximum absolute atomic E-state index is 13.8. The first-order chi connectivity index (χ1) is 14.3. The maximum Gasteiger partial charge on any atom is 0.244 e. The van der Waals surface area contributed by atoms with E-state index in [1.807, 2.05) is 81.4 Å². The van der Waals surface area contributed by atoms with Crippen molar-refractivity contribution in [2.24, 2.45) is 0 Å². The molecule has 4 rings (SSSR count). The number of hydrogen-bond donors (Lipinski definition) is 0. The van der Waals surface area contributed by atoms with E-state index in [4.69, 9.17) is 9.47 Å². The minimum Gasteiger partial charge on any atom is -0.454 e. The van der Waals surface area contributed by atoms with Gasteiger partial charge in [-0.25, -0.2) is 8.42 Å². The summed E-state index contributed by atoms with van der Waals surface area (Å²) in [6, 6.07) is 19.0. The molecular formula is C24H25NO4S. The lowest BCUT2D eigenvalue weighted by atomic mass is 10.1. The van der Waals surface area contributed by atoms with Gasteiger partial charge in [0.15, 0.2) is 11.5 Å². The highest BCUT2D eigenvalue weighted by Gasteiger charge is 2.29. The Morgan fingerprint density at radius 2 is 1.43 bits per heavy atom. The average Bonchev–Trinajstić information content (AvgIpc) is 3.15. The molecule has 156 valence electrons. The van der Waals surface area contributed by atoms with Gasteiger partial charge in [-0.1, -0.05) is 54.1 Å². The van der Waals surface area contributed by atoms with Gasteiger partial charge in [0.2, 0.25) is 16.8 Å². The highest BCUT2D eigenvalue weighted by molar-refractivity contribution is 7.89. The lowest BCUT2D eigenvalue weighted by molar-refractivity contribution is 0.174. The van der Waals surface area contributed by atoms with E-state index >= 15 is 0 Å². The van der Waals surface area contributed by atoms with Gasteiger partial charge in [0.1, 0.15) is 0 Å². The Morgan fingerprint density at radius 1 is 0.800 bits per heavy atom. The van der Waals surface area contributed by atoms with Gasteiger partial charge in [-0.2, -0.15) is 4.31 Å². The van der Waals surface area contributed by atoms with Crippen molar-refractivity contribution in [3.05, 3.63) is 88.5 Å². The number of aryl methyl sites for hydroxylation is 3. The van der Waals surface area contributed by atoms with Gasteiger partial charge in [0.25, 0.3) is 0 Å². The summed E-state index contributed by atoms with van der Waals surface area (Å²) >= 11 is 0. The van der Waals surface area contributed by atoms with Gasteiger partial charge in [-0.3, -0.25) is 0 Å². The summed E-state index contributed by atoms with van der Waals surface area (Å²) in [5.74, 6) is 1.33. The summed E-state index contributed by atoms with van der Waals surface area (Å²) < 4.78 is 40.0.